The summed E-state index contributed by atoms with van der Waals surface area (Å²) in [4.78, 5) is 39.1. The standard InChI is InChI=1S/C24H25N2O.C22H21N2O.C21H19N2O.3C13H12N.3Ir/c1-14(2)16-11-12-25-19(13-16)17-8-7-15(3)21-18-9-10-20(24(4,5)6)26-23(18)27-22(17)21;1-12(2)16-8-9-23-18(11-16)17-7-6-13(3)19-20-14(4)10-15(5)24-22(20)25-21(17)19;1-13-8-9-14(16-7-5-6-12-22-16)19-18(13)15-10-11-17(21(2,3)4)23-20(15)24-19;3*1-10-8-13(14-9-11(10)2)12-6-4-3-5-7-12;;;/h7,9-14H,1-6H3;6,8-12H,1-5H3;5-8,10-12H,1-4H3;3*3-6,8-9H,1-2H3;;;/q6*-1;;;/i1D3,3D3,14D;1D3,3D3,4D3,12D;1D3;3*2D3;;;. The van der Waals surface area contributed by atoms with Crippen LogP contribution in [-0.2, 0) is 71.1 Å². The monoisotopic (exact) mass is 2160 g/mol. The molecule has 121 heavy (non-hydrogen) atoms. The van der Waals surface area contributed by atoms with E-state index in [1.165, 1.54) is 93.4 Å². The first kappa shape index (κ1) is 59.7. The van der Waals surface area contributed by atoms with E-state index < -0.39 is 73.5 Å². The summed E-state index contributed by atoms with van der Waals surface area (Å²) in [6, 6.07) is 70.4. The molecule has 2 unspecified atom stereocenters. The Bertz CT molecular complexity index is 7610. The van der Waals surface area contributed by atoms with Gasteiger partial charge in [0.15, 0.2) is 0 Å². The second-order valence-electron chi connectivity index (χ2n) is 30.0. The predicted octanol–water partition coefficient (Wildman–Crippen LogP) is 27.4. The number of hydrogen-bond acceptors (Lipinski definition) is 12. The number of nitrogens with zero attached hydrogens (tertiary/aromatic N) is 9. The average molecular weight is 2150 g/mol. The molecule has 2 atom stereocenters. The van der Waals surface area contributed by atoms with Gasteiger partial charge in [-0.3, -0.25) is 0 Å². The van der Waals surface area contributed by atoms with E-state index in [-0.39, 0.29) is 143 Å². The average Bonchev–Trinajstić information content (AvgIpc) is 1.56. The van der Waals surface area contributed by atoms with E-state index in [4.69, 9.17) is 53.0 Å². The van der Waals surface area contributed by atoms with Crippen molar-refractivity contribution in [3.05, 3.63) is 339 Å². The maximum atomic E-state index is 8.42. The van der Waals surface area contributed by atoms with E-state index in [1.807, 2.05) is 136 Å². The van der Waals surface area contributed by atoms with Gasteiger partial charge in [0.25, 0.3) is 0 Å². The van der Waals surface area contributed by atoms with E-state index >= 15 is 0 Å². The molecule has 12 nitrogen and oxygen atoms in total. The van der Waals surface area contributed by atoms with E-state index in [1.54, 1.807) is 52.1 Å². The SMILES string of the molecule is [2H]C([2H])([2H])c1c[c-]c(-c2cc(C([2H])(C)C([2H])([2H])[2H])ccn2)c2oc3nc(C(C)(C)C)ccc3c12.[2H]C([2H])([2H])c1c[c-]c(-c2ccccn2)c2oc3nc(C(C)(C)C)ccc3c12.[2H]C([2H])([2H])c1cc(C)nc2oc3c(-c4cc(C([2H])(C)C([2H])([2H])[2H])ccn4)[c-]cc(C([2H])([2H])[2H])c3c12.[2H]C([2H])([2H])c1cnc(-c2[c-]cccc2)cc1C.[2H]C([2H])([2H])c1cnc(-c2[c-]cccc2)cc1C.[2H]C([2H])([2H])c1cnc(-c2[c-]cccc2)cc1C.[Ir].[Ir].[Ir]. The van der Waals surface area contributed by atoms with Crippen LogP contribution in [0.2, 0.25) is 0 Å². The fraction of sp³-hybridized carbons (Fsp3) is 0.236. The van der Waals surface area contributed by atoms with Crippen LogP contribution in [-0.4, -0.2) is 44.9 Å². The van der Waals surface area contributed by atoms with E-state index in [0.717, 1.165) is 61.9 Å². The van der Waals surface area contributed by atoms with Gasteiger partial charge in [-0.2, -0.15) is 0 Å². The van der Waals surface area contributed by atoms with E-state index in [9.17, 15) is 0 Å². The molecular formula is C106H101Ir3N9O3-6. The molecule has 0 aliphatic heterocycles. The number of furan rings is 3. The first-order valence-electron chi connectivity index (χ1n) is 52.1. The molecule has 6 aromatic carbocycles. The Kier molecular flexibility index (Phi) is 19.8. The normalized spacial score (nSPS) is 16.6. The zero-order valence-electron chi connectivity index (χ0n) is 97.0. The number of benzene rings is 6. The van der Waals surface area contributed by atoms with Gasteiger partial charge in [0.1, 0.15) is 0 Å². The molecule has 12 aromatic heterocycles. The molecule has 0 fully saturated rings. The van der Waals surface area contributed by atoms with Crippen LogP contribution < -0.4 is 0 Å². The molecule has 0 N–H and O–H groups in total. The molecule has 0 aliphatic carbocycles. The summed E-state index contributed by atoms with van der Waals surface area (Å²) in [6.07, 6.45) is 8.75. The fourth-order valence-corrected chi connectivity index (χ4v) is 12.6. The Hall–Kier alpha value is -11.0. The van der Waals surface area contributed by atoms with Crippen molar-refractivity contribution in [1.82, 2.24) is 44.9 Å². The molecule has 621 valence electrons. The summed E-state index contributed by atoms with van der Waals surface area (Å²) >= 11 is 0. The minimum atomic E-state index is -2.62. The molecule has 12 heterocycles. The van der Waals surface area contributed by atoms with Crippen LogP contribution in [0.15, 0.2) is 232 Å². The maximum Gasteiger partial charge on any atom is 0.216 e. The summed E-state index contributed by atoms with van der Waals surface area (Å²) in [6.45, 7) is 0.504. The van der Waals surface area contributed by atoms with Gasteiger partial charge in [0.05, 0.1) is 16.7 Å². The number of aryl methyl sites for hydroxylation is 11. The number of pyridine rings is 9. The topological polar surface area (TPSA) is 155 Å². The Balaban J connectivity index is 0.000000188. The molecule has 0 spiro atoms. The minimum Gasteiger partial charge on any atom is -0.486 e. The van der Waals surface area contributed by atoms with Crippen molar-refractivity contribution in [1.29, 1.82) is 0 Å². The Morgan fingerprint density at radius 3 is 1.08 bits per heavy atom. The van der Waals surface area contributed by atoms with Crippen LogP contribution >= 0.6 is 0 Å². The molecule has 0 amide bonds. The van der Waals surface area contributed by atoms with Gasteiger partial charge < -0.3 is 43.2 Å². The second-order valence-corrected chi connectivity index (χ2v) is 30.0. The quantitative estimate of drug-likeness (QED) is 0.133. The van der Waals surface area contributed by atoms with Crippen molar-refractivity contribution in [2.75, 3.05) is 0 Å². The van der Waals surface area contributed by atoms with Gasteiger partial charge in [-0.15, -0.1) is 161 Å². The molecule has 3 radical (unpaired) electrons. The van der Waals surface area contributed by atoms with E-state index in [2.05, 4.69) is 102 Å². The van der Waals surface area contributed by atoms with Crippen molar-refractivity contribution in [3.8, 4) is 67.5 Å². The summed E-state index contributed by atoms with van der Waals surface area (Å²) in [7, 11) is 0. The third-order valence-electron chi connectivity index (χ3n) is 19.1. The zero-order valence-corrected chi connectivity index (χ0v) is 75.2. The molecule has 15 heteroatoms. The predicted molar refractivity (Wildman–Crippen MR) is 484 cm³/mol. The molecule has 0 aliphatic rings. The van der Waals surface area contributed by atoms with Gasteiger partial charge in [-0.1, -0.05) is 193 Å². The van der Waals surface area contributed by atoms with Crippen LogP contribution in [0.25, 0.3) is 134 Å². The first-order valence-corrected chi connectivity index (χ1v) is 37.6. The van der Waals surface area contributed by atoms with Crippen LogP contribution in [0.3, 0.4) is 0 Å². The van der Waals surface area contributed by atoms with Gasteiger partial charge in [-0.05, 0) is 172 Å². The summed E-state index contributed by atoms with van der Waals surface area (Å²) < 4.78 is 244. The fourth-order valence-electron chi connectivity index (χ4n) is 12.6. The van der Waals surface area contributed by atoms with Crippen LogP contribution in [0.5, 0.6) is 0 Å². The van der Waals surface area contributed by atoms with Crippen molar-refractivity contribution < 1.29 is 113 Å². The number of aromatic nitrogens is 9. The van der Waals surface area contributed by atoms with Crippen LogP contribution in [0, 0.1) is 112 Å². The Morgan fingerprint density at radius 2 is 0.719 bits per heavy atom. The van der Waals surface area contributed by atoms with Crippen LogP contribution in [0.1, 0.15) is 204 Å². The van der Waals surface area contributed by atoms with Gasteiger partial charge in [0, 0.05) is 181 Å². The molecule has 0 saturated carbocycles. The van der Waals surface area contributed by atoms with E-state index in [0.29, 0.717) is 83.5 Å². The summed E-state index contributed by atoms with van der Waals surface area (Å²) in [5.74, 6) is -3.80. The molecule has 18 aromatic rings. The third kappa shape index (κ3) is 21.5. The number of hydrogen-bond donors (Lipinski definition) is 0. The van der Waals surface area contributed by atoms with Crippen molar-refractivity contribution in [2.45, 2.75) is 167 Å². The van der Waals surface area contributed by atoms with Gasteiger partial charge in [-0.25, -0.2) is 15.0 Å². The molecule has 0 bridgehead atoms. The number of rotatable bonds is 8. The van der Waals surface area contributed by atoms with Crippen molar-refractivity contribution >= 4 is 66.2 Å². The van der Waals surface area contributed by atoms with Gasteiger partial charge >= 0.3 is 0 Å². The molecule has 18 rings (SSSR count). The minimum absolute atomic E-state index is 0. The zero-order chi connectivity index (χ0) is 108. The summed E-state index contributed by atoms with van der Waals surface area (Å²) in [5, 5.41) is 2.33. The Labute approximate surface area is 794 Å². The first-order chi connectivity index (χ1) is 68.0. The second kappa shape index (κ2) is 40.1. The molecule has 0 saturated heterocycles. The number of fused-ring (bicyclic) bond motifs is 9. The summed E-state index contributed by atoms with van der Waals surface area (Å²) in [5.41, 5.74) is 13.9. The third-order valence-corrected chi connectivity index (χ3v) is 19.1. The Morgan fingerprint density at radius 1 is 0.339 bits per heavy atom. The smallest absolute Gasteiger partial charge is 0.216 e. The van der Waals surface area contributed by atoms with Gasteiger partial charge in [0.2, 0.25) is 17.1 Å². The van der Waals surface area contributed by atoms with Crippen LogP contribution in [0.4, 0.5) is 0 Å². The molecular weight excluding hydrogens is 2020 g/mol. The largest absolute Gasteiger partial charge is 0.486 e. The van der Waals surface area contributed by atoms with Crippen molar-refractivity contribution in [3.63, 3.8) is 0 Å². The van der Waals surface area contributed by atoms with Crippen molar-refractivity contribution in [2.24, 2.45) is 0 Å². The maximum absolute atomic E-state index is 8.42.